The van der Waals surface area contributed by atoms with Gasteiger partial charge in [-0.2, -0.15) is 0 Å². The fraction of sp³-hybridized carbons (Fsp3) is 0.211. The van der Waals surface area contributed by atoms with Crippen LogP contribution in [0.2, 0.25) is 0 Å². The van der Waals surface area contributed by atoms with E-state index in [1.165, 1.54) is 11.1 Å². The average Bonchev–Trinajstić information content (AvgIpc) is 2.99. The fourth-order valence-electron chi connectivity index (χ4n) is 3.40. The number of H-pyrrole nitrogens is 1. The summed E-state index contributed by atoms with van der Waals surface area (Å²) in [6.45, 7) is 0. The molecule has 1 atom stereocenters. The number of carbonyl (C=O) groups excluding carboxylic acids is 1. The Kier molecular flexibility index (Phi) is 3.19. The summed E-state index contributed by atoms with van der Waals surface area (Å²) in [7, 11) is 0. The summed E-state index contributed by atoms with van der Waals surface area (Å²) in [5.74, 6) is -0.000784. The molecule has 0 bridgehead atoms. The first-order valence-electron chi connectivity index (χ1n) is 7.78. The third-order valence-corrected chi connectivity index (χ3v) is 4.51. The number of fused-ring (bicyclic) bond motifs is 2. The SMILES string of the molecule is O=C(NC1CCCc2ccccc21)c1c[nH]c2ccccc12. The highest BCUT2D eigenvalue weighted by Gasteiger charge is 2.22. The second-order valence-corrected chi connectivity index (χ2v) is 5.87. The van der Waals surface area contributed by atoms with E-state index in [2.05, 4.69) is 34.6 Å². The quantitative estimate of drug-likeness (QED) is 0.737. The van der Waals surface area contributed by atoms with Gasteiger partial charge in [-0.25, -0.2) is 0 Å². The van der Waals surface area contributed by atoms with E-state index < -0.39 is 0 Å². The van der Waals surface area contributed by atoms with E-state index in [0.29, 0.717) is 0 Å². The van der Waals surface area contributed by atoms with Crippen LogP contribution in [0.15, 0.2) is 54.7 Å². The molecule has 0 radical (unpaired) electrons. The minimum Gasteiger partial charge on any atom is -0.360 e. The number of rotatable bonds is 2. The maximum absolute atomic E-state index is 12.7. The fourth-order valence-corrected chi connectivity index (χ4v) is 3.40. The van der Waals surface area contributed by atoms with Crippen molar-refractivity contribution in [3.63, 3.8) is 0 Å². The second kappa shape index (κ2) is 5.34. The number of para-hydroxylation sites is 1. The number of aryl methyl sites for hydroxylation is 1. The highest BCUT2D eigenvalue weighted by atomic mass is 16.1. The lowest BCUT2D eigenvalue weighted by Gasteiger charge is -2.26. The second-order valence-electron chi connectivity index (χ2n) is 5.87. The van der Waals surface area contributed by atoms with Gasteiger partial charge in [0.2, 0.25) is 0 Å². The van der Waals surface area contributed by atoms with Crippen molar-refractivity contribution in [2.24, 2.45) is 0 Å². The molecule has 110 valence electrons. The number of carbonyl (C=O) groups is 1. The molecule has 22 heavy (non-hydrogen) atoms. The molecule has 0 saturated carbocycles. The molecular formula is C19H18N2O. The molecule has 2 aromatic carbocycles. The number of aromatic nitrogens is 1. The standard InChI is InChI=1S/C19H18N2O/c22-19(16-12-20-17-10-4-3-9-15(16)17)21-18-11-5-7-13-6-1-2-8-14(13)18/h1-4,6,8-10,12,18,20H,5,7,11H2,(H,21,22). The lowest BCUT2D eigenvalue weighted by atomic mass is 9.87. The zero-order valence-electron chi connectivity index (χ0n) is 12.3. The Labute approximate surface area is 129 Å². The van der Waals surface area contributed by atoms with Crippen molar-refractivity contribution >= 4 is 16.8 Å². The smallest absolute Gasteiger partial charge is 0.253 e. The van der Waals surface area contributed by atoms with Gasteiger partial charge in [0, 0.05) is 17.1 Å². The Morgan fingerprint density at radius 1 is 1.09 bits per heavy atom. The van der Waals surface area contributed by atoms with Crippen LogP contribution in [0.4, 0.5) is 0 Å². The van der Waals surface area contributed by atoms with Crippen LogP contribution >= 0.6 is 0 Å². The number of amides is 1. The zero-order chi connectivity index (χ0) is 14.9. The predicted molar refractivity (Wildman–Crippen MR) is 87.9 cm³/mol. The third-order valence-electron chi connectivity index (χ3n) is 4.51. The van der Waals surface area contributed by atoms with Crippen LogP contribution in [0.5, 0.6) is 0 Å². The third kappa shape index (κ3) is 2.19. The summed E-state index contributed by atoms with van der Waals surface area (Å²) < 4.78 is 0. The first-order valence-corrected chi connectivity index (χ1v) is 7.78. The van der Waals surface area contributed by atoms with Gasteiger partial charge in [-0.3, -0.25) is 4.79 Å². The van der Waals surface area contributed by atoms with Crippen molar-refractivity contribution in [1.29, 1.82) is 0 Å². The maximum Gasteiger partial charge on any atom is 0.253 e. The monoisotopic (exact) mass is 290 g/mol. The summed E-state index contributed by atoms with van der Waals surface area (Å²) in [5, 5.41) is 4.19. The zero-order valence-corrected chi connectivity index (χ0v) is 12.3. The van der Waals surface area contributed by atoms with E-state index in [9.17, 15) is 4.79 Å². The Bertz CT molecular complexity index is 834. The normalized spacial score (nSPS) is 17.2. The van der Waals surface area contributed by atoms with Crippen LogP contribution in [-0.4, -0.2) is 10.9 Å². The van der Waals surface area contributed by atoms with Gasteiger partial charge in [0.05, 0.1) is 11.6 Å². The predicted octanol–water partition coefficient (Wildman–Crippen LogP) is 3.98. The van der Waals surface area contributed by atoms with Crippen LogP contribution in [-0.2, 0) is 6.42 Å². The minimum atomic E-state index is -0.000784. The number of hydrogen-bond donors (Lipinski definition) is 2. The number of nitrogens with one attached hydrogen (secondary N) is 2. The molecule has 1 amide bonds. The van der Waals surface area contributed by atoms with Gasteiger partial charge in [-0.15, -0.1) is 0 Å². The van der Waals surface area contributed by atoms with E-state index in [-0.39, 0.29) is 11.9 Å². The van der Waals surface area contributed by atoms with Gasteiger partial charge >= 0.3 is 0 Å². The number of aromatic amines is 1. The van der Waals surface area contributed by atoms with Gasteiger partial charge in [0.25, 0.3) is 5.91 Å². The topological polar surface area (TPSA) is 44.9 Å². The van der Waals surface area contributed by atoms with Gasteiger partial charge in [-0.1, -0.05) is 42.5 Å². The van der Waals surface area contributed by atoms with Crippen LogP contribution in [0.3, 0.4) is 0 Å². The van der Waals surface area contributed by atoms with Crippen molar-refractivity contribution in [1.82, 2.24) is 10.3 Å². The first kappa shape index (κ1) is 13.1. The minimum absolute atomic E-state index is 0.000784. The molecule has 3 nitrogen and oxygen atoms in total. The van der Waals surface area contributed by atoms with Crippen molar-refractivity contribution < 1.29 is 4.79 Å². The summed E-state index contributed by atoms with van der Waals surface area (Å²) in [6, 6.07) is 16.4. The summed E-state index contributed by atoms with van der Waals surface area (Å²) >= 11 is 0. The van der Waals surface area contributed by atoms with Crippen molar-refractivity contribution in [3.8, 4) is 0 Å². The molecule has 0 saturated heterocycles. The molecule has 1 heterocycles. The van der Waals surface area contributed by atoms with E-state index >= 15 is 0 Å². The summed E-state index contributed by atoms with van der Waals surface area (Å²) in [4.78, 5) is 15.8. The van der Waals surface area contributed by atoms with E-state index in [1.807, 2.05) is 24.3 Å². The molecule has 1 aliphatic rings. The maximum atomic E-state index is 12.7. The molecule has 0 aliphatic heterocycles. The highest BCUT2D eigenvalue weighted by molar-refractivity contribution is 6.06. The molecule has 3 aromatic rings. The molecule has 0 fully saturated rings. The Morgan fingerprint density at radius 2 is 1.91 bits per heavy atom. The van der Waals surface area contributed by atoms with Crippen LogP contribution < -0.4 is 5.32 Å². The van der Waals surface area contributed by atoms with Gasteiger partial charge in [0.1, 0.15) is 0 Å². The first-order chi connectivity index (χ1) is 10.8. The molecule has 1 aromatic heterocycles. The molecule has 4 rings (SSSR count). The van der Waals surface area contributed by atoms with Crippen molar-refractivity contribution in [3.05, 3.63) is 71.4 Å². The van der Waals surface area contributed by atoms with Crippen LogP contribution in [0.25, 0.3) is 10.9 Å². The Hall–Kier alpha value is -2.55. The Balaban J connectivity index is 1.63. The van der Waals surface area contributed by atoms with Crippen molar-refractivity contribution in [2.45, 2.75) is 25.3 Å². The number of hydrogen-bond acceptors (Lipinski definition) is 1. The molecule has 1 aliphatic carbocycles. The van der Waals surface area contributed by atoms with Gasteiger partial charge in [-0.05, 0) is 36.5 Å². The van der Waals surface area contributed by atoms with Gasteiger partial charge in [0.15, 0.2) is 0 Å². The molecule has 3 heteroatoms. The molecular weight excluding hydrogens is 272 g/mol. The molecule has 1 unspecified atom stereocenters. The van der Waals surface area contributed by atoms with Gasteiger partial charge < -0.3 is 10.3 Å². The van der Waals surface area contributed by atoms with E-state index in [0.717, 1.165) is 35.7 Å². The average molecular weight is 290 g/mol. The van der Waals surface area contributed by atoms with Crippen molar-refractivity contribution in [2.75, 3.05) is 0 Å². The van der Waals surface area contributed by atoms with Crippen LogP contribution in [0, 0.1) is 0 Å². The lowest BCUT2D eigenvalue weighted by molar-refractivity contribution is 0.0934. The summed E-state index contributed by atoms with van der Waals surface area (Å²) in [5.41, 5.74) is 4.34. The Morgan fingerprint density at radius 3 is 2.86 bits per heavy atom. The van der Waals surface area contributed by atoms with Crippen LogP contribution in [0.1, 0.15) is 40.4 Å². The highest BCUT2D eigenvalue weighted by Crippen LogP contribution is 2.30. The van der Waals surface area contributed by atoms with E-state index in [1.54, 1.807) is 6.20 Å². The van der Waals surface area contributed by atoms with E-state index in [4.69, 9.17) is 0 Å². The number of benzene rings is 2. The molecule has 2 N–H and O–H groups in total. The lowest BCUT2D eigenvalue weighted by Crippen LogP contribution is -2.30. The summed E-state index contributed by atoms with van der Waals surface area (Å²) in [6.07, 6.45) is 5.03. The largest absolute Gasteiger partial charge is 0.360 e. The molecule has 0 spiro atoms.